The Kier molecular flexibility index (Phi) is 3.16. The van der Waals surface area contributed by atoms with E-state index in [2.05, 4.69) is 22.5 Å². The van der Waals surface area contributed by atoms with Crippen molar-refractivity contribution in [3.05, 3.63) is 40.9 Å². The molecule has 0 saturated heterocycles. The summed E-state index contributed by atoms with van der Waals surface area (Å²) in [6, 6.07) is 5.87. The van der Waals surface area contributed by atoms with Crippen molar-refractivity contribution < 1.29 is 0 Å². The van der Waals surface area contributed by atoms with Gasteiger partial charge in [0.1, 0.15) is 0 Å². The van der Waals surface area contributed by atoms with Crippen LogP contribution >= 0.6 is 27.5 Å². The largest absolute Gasteiger partial charge is 0.0985 e. The van der Waals surface area contributed by atoms with Gasteiger partial charge in [0.25, 0.3) is 0 Å². The van der Waals surface area contributed by atoms with E-state index in [9.17, 15) is 0 Å². The van der Waals surface area contributed by atoms with E-state index in [1.807, 2.05) is 18.2 Å². The fourth-order valence-electron chi connectivity index (χ4n) is 0.870. The van der Waals surface area contributed by atoms with Crippen molar-refractivity contribution in [2.24, 2.45) is 0 Å². The van der Waals surface area contributed by atoms with Crippen LogP contribution in [0, 0.1) is 0 Å². The van der Waals surface area contributed by atoms with Gasteiger partial charge in [-0.15, -0.1) is 0 Å². The summed E-state index contributed by atoms with van der Waals surface area (Å²) < 4.78 is 0. The van der Waals surface area contributed by atoms with Gasteiger partial charge < -0.3 is 0 Å². The molecule has 0 aromatic heterocycles. The average molecular weight is 232 g/mol. The Bertz CT molecular complexity index is 268. The molecule has 0 N–H and O–H groups in total. The molecule has 0 fully saturated rings. The van der Waals surface area contributed by atoms with Gasteiger partial charge in [0, 0.05) is 10.4 Å². The number of hydrogen-bond donors (Lipinski definition) is 0. The third kappa shape index (κ3) is 2.35. The van der Waals surface area contributed by atoms with Gasteiger partial charge in [0.05, 0.1) is 0 Å². The molecule has 11 heavy (non-hydrogen) atoms. The third-order valence-corrected chi connectivity index (χ3v) is 2.24. The molecule has 0 heterocycles. The Morgan fingerprint density at radius 3 is 2.73 bits per heavy atom. The van der Waals surface area contributed by atoms with Gasteiger partial charge in [0.15, 0.2) is 0 Å². The lowest BCUT2D eigenvalue weighted by Gasteiger charge is -1.98. The van der Waals surface area contributed by atoms with Crippen LogP contribution in [0.1, 0.15) is 11.1 Å². The molecule has 1 aromatic carbocycles. The summed E-state index contributed by atoms with van der Waals surface area (Å²) in [5, 5.41) is 1.59. The molecule has 1 aromatic rings. The van der Waals surface area contributed by atoms with E-state index in [4.69, 9.17) is 11.6 Å². The molecule has 0 bridgehead atoms. The van der Waals surface area contributed by atoms with Gasteiger partial charge in [0.2, 0.25) is 0 Å². The average Bonchev–Trinajstić information content (AvgIpc) is 2.03. The molecule has 0 saturated carbocycles. The van der Waals surface area contributed by atoms with Gasteiger partial charge in [-0.3, -0.25) is 0 Å². The van der Waals surface area contributed by atoms with E-state index in [0.717, 1.165) is 15.9 Å². The van der Waals surface area contributed by atoms with Crippen LogP contribution in [-0.2, 0) is 5.33 Å². The molecule has 0 aliphatic heterocycles. The van der Waals surface area contributed by atoms with Gasteiger partial charge >= 0.3 is 0 Å². The van der Waals surface area contributed by atoms with E-state index >= 15 is 0 Å². The molecular formula is C9H8BrCl. The highest BCUT2D eigenvalue weighted by molar-refractivity contribution is 9.08. The molecule has 58 valence electrons. The molecule has 0 nitrogen and oxygen atoms in total. The van der Waals surface area contributed by atoms with Crippen LogP contribution in [0.15, 0.2) is 24.8 Å². The summed E-state index contributed by atoms with van der Waals surface area (Å²) in [5.74, 6) is 0. The highest BCUT2D eigenvalue weighted by Gasteiger charge is 1.94. The van der Waals surface area contributed by atoms with Crippen molar-refractivity contribution in [2.45, 2.75) is 5.33 Å². The van der Waals surface area contributed by atoms with E-state index in [-0.39, 0.29) is 0 Å². The Hall–Kier alpha value is -0.270. The molecule has 0 amide bonds. The lowest BCUT2D eigenvalue weighted by Crippen LogP contribution is -1.79. The second kappa shape index (κ2) is 3.93. The maximum atomic E-state index is 5.84. The normalized spacial score (nSPS) is 9.64. The Labute approximate surface area is 80.0 Å². The summed E-state index contributed by atoms with van der Waals surface area (Å²) in [4.78, 5) is 0. The third-order valence-electron chi connectivity index (χ3n) is 1.37. The van der Waals surface area contributed by atoms with Crippen molar-refractivity contribution in [3.8, 4) is 0 Å². The molecule has 1 rings (SSSR count). The molecule has 2 heteroatoms. The van der Waals surface area contributed by atoms with Crippen LogP contribution in [0.3, 0.4) is 0 Å². The minimum Gasteiger partial charge on any atom is -0.0985 e. The molecule has 0 unspecified atom stereocenters. The van der Waals surface area contributed by atoms with Crippen molar-refractivity contribution in [2.75, 3.05) is 0 Å². The number of alkyl halides is 1. The van der Waals surface area contributed by atoms with E-state index in [0.29, 0.717) is 0 Å². The Morgan fingerprint density at radius 2 is 2.18 bits per heavy atom. The zero-order valence-corrected chi connectivity index (χ0v) is 8.32. The SMILES string of the molecule is C=Cc1cc(Cl)cc(CBr)c1. The van der Waals surface area contributed by atoms with E-state index in [1.54, 1.807) is 6.08 Å². The molecule has 0 radical (unpaired) electrons. The fourth-order valence-corrected chi connectivity index (χ4v) is 1.46. The van der Waals surface area contributed by atoms with Crippen molar-refractivity contribution >= 4 is 33.6 Å². The van der Waals surface area contributed by atoms with Crippen molar-refractivity contribution in [1.29, 1.82) is 0 Å². The van der Waals surface area contributed by atoms with Crippen LogP contribution in [0.2, 0.25) is 5.02 Å². The lowest BCUT2D eigenvalue weighted by atomic mass is 10.1. The van der Waals surface area contributed by atoms with Crippen molar-refractivity contribution in [1.82, 2.24) is 0 Å². The van der Waals surface area contributed by atoms with E-state index in [1.165, 1.54) is 5.56 Å². The van der Waals surface area contributed by atoms with Gasteiger partial charge in [-0.2, -0.15) is 0 Å². The lowest BCUT2D eigenvalue weighted by molar-refractivity contribution is 1.43. The molecule has 0 spiro atoms. The fraction of sp³-hybridized carbons (Fsp3) is 0.111. The molecular weight excluding hydrogens is 223 g/mol. The number of halogens is 2. The highest BCUT2D eigenvalue weighted by atomic mass is 79.9. The minimum atomic E-state index is 0.761. The standard InChI is InChI=1S/C9H8BrCl/c1-2-7-3-8(6-10)5-9(11)4-7/h2-5H,1,6H2. The second-order valence-corrected chi connectivity index (χ2v) is 3.23. The second-order valence-electron chi connectivity index (χ2n) is 2.23. The van der Waals surface area contributed by atoms with Gasteiger partial charge in [-0.25, -0.2) is 0 Å². The first kappa shape index (κ1) is 8.82. The smallest absolute Gasteiger partial charge is 0.0414 e. The Balaban J connectivity index is 3.11. The number of benzene rings is 1. The maximum absolute atomic E-state index is 5.84. The van der Waals surface area contributed by atoms with Gasteiger partial charge in [-0.1, -0.05) is 46.3 Å². The first-order valence-corrected chi connectivity index (χ1v) is 4.74. The molecule has 0 aliphatic rings. The van der Waals surface area contributed by atoms with Crippen LogP contribution in [-0.4, -0.2) is 0 Å². The summed E-state index contributed by atoms with van der Waals surface area (Å²) in [5.41, 5.74) is 2.24. The molecule has 0 atom stereocenters. The maximum Gasteiger partial charge on any atom is 0.0414 e. The van der Waals surface area contributed by atoms with Gasteiger partial charge in [-0.05, 0) is 23.3 Å². The number of hydrogen-bond acceptors (Lipinski definition) is 0. The van der Waals surface area contributed by atoms with E-state index < -0.39 is 0 Å². The summed E-state index contributed by atoms with van der Waals surface area (Å²) in [6.07, 6.45) is 1.79. The highest BCUT2D eigenvalue weighted by Crippen LogP contribution is 2.17. The van der Waals surface area contributed by atoms with Crippen LogP contribution in [0.4, 0.5) is 0 Å². The monoisotopic (exact) mass is 230 g/mol. The predicted molar refractivity (Wildman–Crippen MR) is 54.2 cm³/mol. The van der Waals surface area contributed by atoms with Crippen LogP contribution in [0.5, 0.6) is 0 Å². The molecule has 0 aliphatic carbocycles. The summed E-state index contributed by atoms with van der Waals surface area (Å²) in [7, 11) is 0. The number of rotatable bonds is 2. The predicted octanol–water partition coefficient (Wildman–Crippen LogP) is 3.88. The van der Waals surface area contributed by atoms with Crippen molar-refractivity contribution in [3.63, 3.8) is 0 Å². The quantitative estimate of drug-likeness (QED) is 0.678. The zero-order chi connectivity index (χ0) is 8.27. The first-order valence-electron chi connectivity index (χ1n) is 3.24. The topological polar surface area (TPSA) is 0 Å². The first-order chi connectivity index (χ1) is 5.26. The van der Waals surface area contributed by atoms with Crippen LogP contribution < -0.4 is 0 Å². The Morgan fingerprint density at radius 1 is 1.45 bits per heavy atom. The summed E-state index contributed by atoms with van der Waals surface area (Å²) in [6.45, 7) is 3.67. The van der Waals surface area contributed by atoms with Crippen LogP contribution in [0.25, 0.3) is 6.08 Å². The summed E-state index contributed by atoms with van der Waals surface area (Å²) >= 11 is 9.20. The minimum absolute atomic E-state index is 0.761. The zero-order valence-electron chi connectivity index (χ0n) is 5.98.